The van der Waals surface area contributed by atoms with Gasteiger partial charge in [0.2, 0.25) is 0 Å². The van der Waals surface area contributed by atoms with Crippen molar-refractivity contribution in [2.24, 2.45) is 0 Å². The van der Waals surface area contributed by atoms with Gasteiger partial charge in [-0.1, -0.05) is 6.42 Å². The standard InChI is InChI=1S/C17H25NO2S/c1-17(20)8-5-10-18(11-9-17)16(19)15-12-13-6-3-2-4-7-14(13)21-15/h12,20H,2-11H2,1H3. The van der Waals surface area contributed by atoms with E-state index in [-0.39, 0.29) is 5.91 Å². The number of carbonyl (C=O) groups excluding carboxylic acids is 1. The molecule has 2 heterocycles. The lowest BCUT2D eigenvalue weighted by molar-refractivity contribution is 0.0438. The first-order chi connectivity index (χ1) is 10.1. The second-order valence-electron chi connectivity index (χ2n) is 6.76. The molecule has 3 rings (SSSR count). The Morgan fingerprint density at radius 3 is 2.86 bits per heavy atom. The predicted molar refractivity (Wildman–Crippen MR) is 86.0 cm³/mol. The highest BCUT2D eigenvalue weighted by Gasteiger charge is 2.28. The SMILES string of the molecule is CC1(O)CCCN(C(=O)c2cc3c(s2)CCCCC3)CC1. The number of rotatable bonds is 1. The van der Waals surface area contributed by atoms with E-state index in [0.717, 1.165) is 37.1 Å². The highest BCUT2D eigenvalue weighted by molar-refractivity contribution is 7.14. The Kier molecular flexibility index (Phi) is 4.36. The van der Waals surface area contributed by atoms with Crippen molar-refractivity contribution >= 4 is 17.2 Å². The second kappa shape index (κ2) is 6.09. The van der Waals surface area contributed by atoms with Crippen LogP contribution in [0.15, 0.2) is 6.07 Å². The Balaban J connectivity index is 1.73. The number of fused-ring (bicyclic) bond motifs is 1. The van der Waals surface area contributed by atoms with Crippen LogP contribution in [0.2, 0.25) is 0 Å². The van der Waals surface area contributed by atoms with Crippen LogP contribution in [-0.4, -0.2) is 34.6 Å². The minimum absolute atomic E-state index is 0.172. The molecule has 1 aliphatic carbocycles. The topological polar surface area (TPSA) is 40.5 Å². The van der Waals surface area contributed by atoms with E-state index in [2.05, 4.69) is 6.07 Å². The third kappa shape index (κ3) is 3.49. The molecule has 1 amide bonds. The van der Waals surface area contributed by atoms with Crippen molar-refractivity contribution in [1.82, 2.24) is 4.90 Å². The maximum absolute atomic E-state index is 12.7. The van der Waals surface area contributed by atoms with Gasteiger partial charge in [-0.15, -0.1) is 11.3 Å². The van der Waals surface area contributed by atoms with E-state index >= 15 is 0 Å². The van der Waals surface area contributed by atoms with Gasteiger partial charge >= 0.3 is 0 Å². The molecule has 0 spiro atoms. The lowest BCUT2D eigenvalue weighted by Crippen LogP contribution is -2.33. The van der Waals surface area contributed by atoms with E-state index in [0.29, 0.717) is 13.0 Å². The van der Waals surface area contributed by atoms with Crippen molar-refractivity contribution in [1.29, 1.82) is 0 Å². The maximum atomic E-state index is 12.7. The zero-order chi connectivity index (χ0) is 14.9. The average Bonchev–Trinajstić information content (AvgIpc) is 2.59. The molecule has 1 aliphatic heterocycles. The fourth-order valence-electron chi connectivity index (χ4n) is 3.40. The molecule has 1 N–H and O–H groups in total. The number of amides is 1. The largest absolute Gasteiger partial charge is 0.390 e. The lowest BCUT2D eigenvalue weighted by Gasteiger charge is -2.22. The Morgan fingerprint density at radius 1 is 1.19 bits per heavy atom. The van der Waals surface area contributed by atoms with Gasteiger partial charge in [0, 0.05) is 18.0 Å². The first-order valence-electron chi connectivity index (χ1n) is 8.18. The van der Waals surface area contributed by atoms with Crippen molar-refractivity contribution in [3.8, 4) is 0 Å². The highest BCUT2D eigenvalue weighted by Crippen LogP contribution is 2.30. The number of likely N-dealkylation sites (tertiary alicyclic amines) is 1. The quantitative estimate of drug-likeness (QED) is 0.808. The summed E-state index contributed by atoms with van der Waals surface area (Å²) in [5.41, 5.74) is 0.796. The van der Waals surface area contributed by atoms with Crippen LogP contribution < -0.4 is 0 Å². The summed E-state index contributed by atoms with van der Waals surface area (Å²) in [7, 11) is 0. The molecular weight excluding hydrogens is 282 g/mol. The summed E-state index contributed by atoms with van der Waals surface area (Å²) in [6.45, 7) is 3.33. The summed E-state index contributed by atoms with van der Waals surface area (Å²) in [4.78, 5) is 17.0. The molecule has 116 valence electrons. The van der Waals surface area contributed by atoms with E-state index in [4.69, 9.17) is 0 Å². The zero-order valence-electron chi connectivity index (χ0n) is 12.9. The van der Waals surface area contributed by atoms with Crippen molar-refractivity contribution in [3.05, 3.63) is 21.4 Å². The summed E-state index contributed by atoms with van der Waals surface area (Å²) in [6.07, 6.45) is 8.46. The molecule has 1 aromatic rings. The van der Waals surface area contributed by atoms with E-state index in [1.165, 1.54) is 29.7 Å². The van der Waals surface area contributed by atoms with Crippen LogP contribution in [0, 0.1) is 0 Å². The molecule has 1 unspecified atom stereocenters. The van der Waals surface area contributed by atoms with E-state index < -0.39 is 5.60 Å². The van der Waals surface area contributed by atoms with Gasteiger partial charge in [-0.25, -0.2) is 0 Å². The predicted octanol–water partition coefficient (Wildman–Crippen LogP) is 3.39. The van der Waals surface area contributed by atoms with Crippen LogP contribution >= 0.6 is 11.3 Å². The van der Waals surface area contributed by atoms with Gasteiger partial charge in [-0.2, -0.15) is 0 Å². The number of aliphatic hydroxyl groups is 1. The summed E-state index contributed by atoms with van der Waals surface area (Å²) in [5.74, 6) is 0.172. The lowest BCUT2D eigenvalue weighted by atomic mass is 9.98. The van der Waals surface area contributed by atoms with Crippen LogP contribution in [0.4, 0.5) is 0 Å². The van der Waals surface area contributed by atoms with Gasteiger partial charge in [0.05, 0.1) is 10.5 Å². The van der Waals surface area contributed by atoms with E-state index in [1.54, 1.807) is 11.3 Å². The Labute approximate surface area is 131 Å². The molecule has 1 atom stereocenters. The molecule has 0 radical (unpaired) electrons. The fourth-order valence-corrected chi connectivity index (χ4v) is 4.62. The van der Waals surface area contributed by atoms with Crippen LogP contribution in [0.5, 0.6) is 0 Å². The van der Waals surface area contributed by atoms with E-state index in [1.807, 2.05) is 11.8 Å². The number of hydrogen-bond acceptors (Lipinski definition) is 3. The molecule has 1 saturated heterocycles. The number of thiophene rings is 1. The van der Waals surface area contributed by atoms with Crippen LogP contribution in [0.25, 0.3) is 0 Å². The Morgan fingerprint density at radius 2 is 2.00 bits per heavy atom. The third-order valence-electron chi connectivity index (χ3n) is 4.81. The molecule has 1 fully saturated rings. The molecule has 1 aromatic heterocycles. The number of nitrogens with zero attached hydrogens (tertiary/aromatic N) is 1. The molecule has 0 bridgehead atoms. The normalized spacial score (nSPS) is 26.9. The highest BCUT2D eigenvalue weighted by atomic mass is 32.1. The van der Waals surface area contributed by atoms with Gasteiger partial charge in [-0.3, -0.25) is 4.79 Å². The van der Waals surface area contributed by atoms with Crippen molar-refractivity contribution in [2.45, 2.75) is 63.9 Å². The third-order valence-corrected chi connectivity index (χ3v) is 6.03. The minimum Gasteiger partial charge on any atom is -0.390 e. The van der Waals surface area contributed by atoms with Crippen molar-refractivity contribution in [2.75, 3.05) is 13.1 Å². The van der Waals surface area contributed by atoms with E-state index in [9.17, 15) is 9.90 Å². The summed E-state index contributed by atoms with van der Waals surface area (Å²) >= 11 is 1.70. The molecule has 0 saturated carbocycles. The van der Waals surface area contributed by atoms with Crippen LogP contribution in [-0.2, 0) is 12.8 Å². The number of aryl methyl sites for hydroxylation is 2. The van der Waals surface area contributed by atoms with Gasteiger partial charge in [0.25, 0.3) is 5.91 Å². The maximum Gasteiger partial charge on any atom is 0.263 e. The number of carbonyl (C=O) groups is 1. The van der Waals surface area contributed by atoms with Gasteiger partial charge in [0.15, 0.2) is 0 Å². The second-order valence-corrected chi connectivity index (χ2v) is 7.90. The molecule has 2 aliphatic rings. The Bertz CT molecular complexity index is 497. The monoisotopic (exact) mass is 307 g/mol. The van der Waals surface area contributed by atoms with Crippen molar-refractivity contribution < 1.29 is 9.90 Å². The fraction of sp³-hybridized carbons (Fsp3) is 0.706. The molecular formula is C17H25NO2S. The first kappa shape index (κ1) is 15.0. The summed E-state index contributed by atoms with van der Waals surface area (Å²) in [6, 6.07) is 2.14. The minimum atomic E-state index is -0.609. The zero-order valence-corrected chi connectivity index (χ0v) is 13.7. The molecule has 4 heteroatoms. The molecule has 3 nitrogen and oxygen atoms in total. The van der Waals surface area contributed by atoms with Gasteiger partial charge in [0.1, 0.15) is 0 Å². The van der Waals surface area contributed by atoms with Crippen LogP contribution in [0.1, 0.15) is 65.6 Å². The molecule has 21 heavy (non-hydrogen) atoms. The Hall–Kier alpha value is -0.870. The van der Waals surface area contributed by atoms with Gasteiger partial charge in [-0.05, 0) is 63.5 Å². The summed E-state index contributed by atoms with van der Waals surface area (Å²) in [5, 5.41) is 10.2. The summed E-state index contributed by atoms with van der Waals surface area (Å²) < 4.78 is 0. The smallest absolute Gasteiger partial charge is 0.263 e. The number of hydrogen-bond donors (Lipinski definition) is 1. The average molecular weight is 307 g/mol. The van der Waals surface area contributed by atoms with Gasteiger partial charge < -0.3 is 10.0 Å². The molecule has 0 aromatic carbocycles. The first-order valence-corrected chi connectivity index (χ1v) is 9.00. The van der Waals surface area contributed by atoms with Crippen LogP contribution in [0.3, 0.4) is 0 Å². The van der Waals surface area contributed by atoms with Crippen molar-refractivity contribution in [3.63, 3.8) is 0 Å².